The van der Waals surface area contributed by atoms with E-state index in [0.29, 0.717) is 5.56 Å². The molecule has 1 rings (SSSR count). The summed E-state index contributed by atoms with van der Waals surface area (Å²) in [5, 5.41) is 19.5. The van der Waals surface area contributed by atoms with Crippen molar-refractivity contribution in [2.75, 3.05) is 14.1 Å². The number of hydrogen-bond acceptors (Lipinski definition) is 3. The van der Waals surface area contributed by atoms with Crippen molar-refractivity contribution in [1.29, 1.82) is 0 Å². The van der Waals surface area contributed by atoms with Gasteiger partial charge in [-0.2, -0.15) is 0 Å². The Bertz CT molecular complexity index is 337. The molecule has 1 aromatic carbocycles. The maximum Gasteiger partial charge on any atom is 0.252 e. The number of halogens is 1. The summed E-state index contributed by atoms with van der Waals surface area (Å²) in [6.45, 7) is 1.90. The van der Waals surface area contributed by atoms with Gasteiger partial charge in [0.25, 0.3) is 5.91 Å². The van der Waals surface area contributed by atoms with Gasteiger partial charge >= 0.3 is 0 Å². The smallest absolute Gasteiger partial charge is 0.252 e. The first-order valence-corrected chi connectivity index (χ1v) is 5.04. The zero-order valence-electron chi connectivity index (χ0n) is 8.45. The van der Waals surface area contributed by atoms with Gasteiger partial charge in [0.1, 0.15) is 0 Å². The highest BCUT2D eigenvalue weighted by atomic mass is 79.9. The van der Waals surface area contributed by atoms with Crippen molar-refractivity contribution in [2.45, 2.75) is 12.8 Å². The van der Waals surface area contributed by atoms with E-state index in [1.54, 1.807) is 32.3 Å². The average Bonchev–Trinajstić information content (AvgIpc) is 2.09. The fourth-order valence-corrected chi connectivity index (χ4v) is 1.36. The van der Waals surface area contributed by atoms with Crippen LogP contribution in [0.15, 0.2) is 22.7 Å². The van der Waals surface area contributed by atoms with E-state index in [0.717, 1.165) is 10.0 Å². The first-order chi connectivity index (χ1) is 6.35. The van der Waals surface area contributed by atoms with Gasteiger partial charge in [-0.25, -0.2) is 0 Å². The van der Waals surface area contributed by atoms with Crippen LogP contribution in [-0.2, 0) is 5.91 Å². The molecule has 0 aliphatic carbocycles. The first-order valence-electron chi connectivity index (χ1n) is 4.24. The molecule has 0 atom stereocenters. The third kappa shape index (κ3) is 2.15. The van der Waals surface area contributed by atoms with Crippen molar-refractivity contribution in [1.82, 2.24) is 4.90 Å². The van der Waals surface area contributed by atoms with E-state index in [4.69, 9.17) is 0 Å². The monoisotopic (exact) mass is 259 g/mol. The minimum Gasteiger partial charge on any atom is -0.350 e. The SMILES string of the molecule is Cc1cc(C(O)(O)N(C)C)ccc1Br. The van der Waals surface area contributed by atoms with Gasteiger partial charge < -0.3 is 10.2 Å². The lowest BCUT2D eigenvalue weighted by atomic mass is 10.1. The number of aliphatic hydroxyl groups is 2. The van der Waals surface area contributed by atoms with Gasteiger partial charge in [0.05, 0.1) is 0 Å². The van der Waals surface area contributed by atoms with Crippen molar-refractivity contribution in [3.63, 3.8) is 0 Å². The first kappa shape index (κ1) is 11.7. The standard InChI is InChI=1S/C10H14BrNO2/c1-7-6-8(4-5-9(7)11)10(13,14)12(2)3/h4-6,13-14H,1-3H3. The van der Waals surface area contributed by atoms with Gasteiger partial charge in [0.2, 0.25) is 0 Å². The topological polar surface area (TPSA) is 43.7 Å². The fraction of sp³-hybridized carbons (Fsp3) is 0.400. The molecule has 0 spiro atoms. The highest BCUT2D eigenvalue weighted by Gasteiger charge is 2.28. The van der Waals surface area contributed by atoms with E-state index < -0.39 is 5.91 Å². The maximum atomic E-state index is 9.74. The molecule has 0 aromatic heterocycles. The van der Waals surface area contributed by atoms with E-state index in [9.17, 15) is 10.2 Å². The molecule has 0 amide bonds. The quantitative estimate of drug-likeness (QED) is 0.790. The Morgan fingerprint density at radius 2 is 1.86 bits per heavy atom. The second kappa shape index (κ2) is 3.98. The number of nitrogens with zero attached hydrogens (tertiary/aromatic N) is 1. The summed E-state index contributed by atoms with van der Waals surface area (Å²) in [5.41, 5.74) is 1.43. The molecule has 0 aliphatic heterocycles. The summed E-state index contributed by atoms with van der Waals surface area (Å²) in [4.78, 5) is 1.34. The van der Waals surface area contributed by atoms with Crippen LogP contribution in [0.3, 0.4) is 0 Å². The number of benzene rings is 1. The van der Waals surface area contributed by atoms with Gasteiger partial charge in [0, 0.05) is 10.0 Å². The fourth-order valence-electron chi connectivity index (χ4n) is 1.11. The molecule has 0 unspecified atom stereocenters. The second-order valence-electron chi connectivity index (χ2n) is 3.49. The van der Waals surface area contributed by atoms with E-state index in [-0.39, 0.29) is 0 Å². The average molecular weight is 260 g/mol. The van der Waals surface area contributed by atoms with Crippen LogP contribution in [0.25, 0.3) is 0 Å². The number of rotatable bonds is 2. The van der Waals surface area contributed by atoms with Crippen LogP contribution in [0.1, 0.15) is 11.1 Å². The van der Waals surface area contributed by atoms with Crippen LogP contribution in [0, 0.1) is 6.92 Å². The molecule has 0 saturated heterocycles. The molecule has 0 bridgehead atoms. The van der Waals surface area contributed by atoms with Crippen LogP contribution >= 0.6 is 15.9 Å². The largest absolute Gasteiger partial charge is 0.350 e. The van der Waals surface area contributed by atoms with Crippen molar-refractivity contribution in [3.8, 4) is 0 Å². The van der Waals surface area contributed by atoms with Crippen LogP contribution in [0.2, 0.25) is 0 Å². The molecule has 14 heavy (non-hydrogen) atoms. The Hall–Kier alpha value is -0.420. The van der Waals surface area contributed by atoms with Crippen LogP contribution in [0.5, 0.6) is 0 Å². The second-order valence-corrected chi connectivity index (χ2v) is 4.35. The summed E-state index contributed by atoms with van der Waals surface area (Å²) in [7, 11) is 3.22. The lowest BCUT2D eigenvalue weighted by Gasteiger charge is -2.29. The zero-order chi connectivity index (χ0) is 10.9. The molecule has 0 radical (unpaired) electrons. The lowest BCUT2D eigenvalue weighted by molar-refractivity contribution is -0.259. The molecule has 0 saturated carbocycles. The van der Waals surface area contributed by atoms with E-state index in [2.05, 4.69) is 15.9 Å². The predicted octanol–water partition coefficient (Wildman–Crippen LogP) is 1.41. The molecule has 1 aromatic rings. The summed E-state index contributed by atoms with van der Waals surface area (Å²) in [5.74, 6) is -1.91. The predicted molar refractivity (Wildman–Crippen MR) is 58.7 cm³/mol. The minimum atomic E-state index is -1.91. The Morgan fingerprint density at radius 3 is 2.29 bits per heavy atom. The normalized spacial score (nSPS) is 12.2. The van der Waals surface area contributed by atoms with Gasteiger partial charge in [-0.1, -0.05) is 22.0 Å². The van der Waals surface area contributed by atoms with Crippen LogP contribution in [-0.4, -0.2) is 29.2 Å². The Morgan fingerprint density at radius 1 is 1.29 bits per heavy atom. The number of hydrogen-bond donors (Lipinski definition) is 2. The van der Waals surface area contributed by atoms with Crippen molar-refractivity contribution in [3.05, 3.63) is 33.8 Å². The van der Waals surface area contributed by atoms with E-state index >= 15 is 0 Å². The van der Waals surface area contributed by atoms with Gasteiger partial charge in [-0.15, -0.1) is 0 Å². The summed E-state index contributed by atoms with van der Waals surface area (Å²) >= 11 is 3.36. The minimum absolute atomic E-state index is 0.461. The summed E-state index contributed by atoms with van der Waals surface area (Å²) in [6.07, 6.45) is 0. The van der Waals surface area contributed by atoms with Crippen molar-refractivity contribution >= 4 is 15.9 Å². The zero-order valence-corrected chi connectivity index (χ0v) is 10.0. The van der Waals surface area contributed by atoms with Gasteiger partial charge in [-0.05, 0) is 38.7 Å². The van der Waals surface area contributed by atoms with Gasteiger partial charge in [-0.3, -0.25) is 4.90 Å². The lowest BCUT2D eigenvalue weighted by Crippen LogP contribution is -2.41. The third-order valence-electron chi connectivity index (χ3n) is 2.17. The molecule has 0 heterocycles. The molecular weight excluding hydrogens is 246 g/mol. The molecule has 78 valence electrons. The van der Waals surface area contributed by atoms with E-state index in [1.807, 2.05) is 6.92 Å². The Kier molecular flexibility index (Phi) is 3.32. The molecule has 2 N–H and O–H groups in total. The van der Waals surface area contributed by atoms with Gasteiger partial charge in [0.15, 0.2) is 0 Å². The van der Waals surface area contributed by atoms with E-state index in [1.165, 1.54) is 4.90 Å². The molecule has 0 aliphatic rings. The Labute approximate surface area is 92.1 Å². The van der Waals surface area contributed by atoms with Crippen LogP contribution < -0.4 is 0 Å². The molecule has 4 heteroatoms. The Balaban J connectivity index is 3.14. The summed E-state index contributed by atoms with van der Waals surface area (Å²) < 4.78 is 0.954. The van der Waals surface area contributed by atoms with Crippen molar-refractivity contribution < 1.29 is 10.2 Å². The molecule has 0 fully saturated rings. The third-order valence-corrected chi connectivity index (χ3v) is 3.06. The van der Waals surface area contributed by atoms with Crippen molar-refractivity contribution in [2.24, 2.45) is 0 Å². The number of aryl methyl sites for hydroxylation is 1. The highest BCUT2D eigenvalue weighted by molar-refractivity contribution is 9.10. The molecular formula is C10H14BrNO2. The summed E-state index contributed by atoms with van der Waals surface area (Å²) in [6, 6.07) is 5.22. The molecule has 3 nitrogen and oxygen atoms in total. The highest BCUT2D eigenvalue weighted by Crippen LogP contribution is 2.24. The maximum absolute atomic E-state index is 9.74. The van der Waals surface area contributed by atoms with Crippen LogP contribution in [0.4, 0.5) is 0 Å².